The number of carbonyl (C=O) groups excluding carboxylic acids is 1. The van der Waals surface area contributed by atoms with E-state index in [-0.39, 0.29) is 12.5 Å². The molecular weight excluding hydrogens is 342 g/mol. The molecule has 6 nitrogen and oxygen atoms in total. The molecule has 0 fully saturated rings. The molecule has 0 radical (unpaired) electrons. The minimum Gasteiger partial charge on any atom is -0.494 e. The van der Waals surface area contributed by atoms with Crippen LogP contribution in [0, 0.1) is 6.92 Å². The van der Waals surface area contributed by atoms with Crippen LogP contribution in [0.25, 0.3) is 11.4 Å². The van der Waals surface area contributed by atoms with E-state index >= 15 is 0 Å². The minimum absolute atomic E-state index is 0.0157. The third kappa shape index (κ3) is 5.41. The first-order valence-electron chi connectivity index (χ1n) is 8.93. The molecule has 0 saturated carbocycles. The van der Waals surface area contributed by atoms with Crippen LogP contribution in [0.4, 0.5) is 0 Å². The molecule has 27 heavy (non-hydrogen) atoms. The number of aromatic nitrogens is 2. The molecule has 1 aromatic heterocycles. The minimum atomic E-state index is 0.0157. The molecule has 0 N–H and O–H groups in total. The second-order valence-electron chi connectivity index (χ2n) is 6.39. The first-order chi connectivity index (χ1) is 13.1. The van der Waals surface area contributed by atoms with Gasteiger partial charge in [-0.1, -0.05) is 53.2 Å². The van der Waals surface area contributed by atoms with Gasteiger partial charge in [-0.2, -0.15) is 4.98 Å². The molecule has 6 heteroatoms. The fourth-order valence-corrected chi connectivity index (χ4v) is 2.55. The largest absolute Gasteiger partial charge is 0.494 e. The van der Waals surface area contributed by atoms with Crippen molar-refractivity contribution in [3.8, 4) is 17.1 Å². The quantitative estimate of drug-likeness (QED) is 0.567. The summed E-state index contributed by atoms with van der Waals surface area (Å²) in [4.78, 5) is 18.2. The summed E-state index contributed by atoms with van der Waals surface area (Å²) in [6, 6.07) is 17.5. The van der Waals surface area contributed by atoms with Crippen molar-refractivity contribution in [3.63, 3.8) is 0 Å². The van der Waals surface area contributed by atoms with Crippen LogP contribution < -0.4 is 4.74 Å². The number of carbonyl (C=O) groups is 1. The molecule has 0 aliphatic rings. The van der Waals surface area contributed by atoms with E-state index in [0.717, 1.165) is 11.3 Å². The summed E-state index contributed by atoms with van der Waals surface area (Å²) in [5.41, 5.74) is 2.07. The third-order valence-electron chi connectivity index (χ3n) is 4.12. The van der Waals surface area contributed by atoms with Crippen molar-refractivity contribution < 1.29 is 14.1 Å². The SMILES string of the molecule is Cc1ccc(OCCCC(=O)N(C)Cc2nc(-c3ccccc3)no2)cc1. The molecule has 0 spiro atoms. The lowest BCUT2D eigenvalue weighted by Crippen LogP contribution is -2.26. The first-order valence-corrected chi connectivity index (χ1v) is 8.93. The Kier molecular flexibility index (Phi) is 6.20. The summed E-state index contributed by atoms with van der Waals surface area (Å²) in [5.74, 6) is 1.78. The van der Waals surface area contributed by atoms with Crippen LogP contribution in [-0.4, -0.2) is 34.6 Å². The molecule has 3 rings (SSSR count). The molecule has 0 atom stereocenters. The summed E-state index contributed by atoms with van der Waals surface area (Å²) in [6.07, 6.45) is 1.05. The topological polar surface area (TPSA) is 68.5 Å². The highest BCUT2D eigenvalue weighted by Crippen LogP contribution is 2.16. The van der Waals surface area contributed by atoms with Crippen molar-refractivity contribution >= 4 is 5.91 Å². The van der Waals surface area contributed by atoms with E-state index in [9.17, 15) is 4.79 Å². The van der Waals surface area contributed by atoms with Crippen LogP contribution >= 0.6 is 0 Å². The highest BCUT2D eigenvalue weighted by atomic mass is 16.5. The molecule has 0 aliphatic carbocycles. The number of ether oxygens (including phenoxy) is 1. The average Bonchev–Trinajstić information content (AvgIpc) is 3.15. The van der Waals surface area contributed by atoms with Gasteiger partial charge in [-0.05, 0) is 25.5 Å². The molecule has 2 aromatic carbocycles. The number of hydrogen-bond acceptors (Lipinski definition) is 5. The molecule has 1 heterocycles. The summed E-state index contributed by atoms with van der Waals surface area (Å²) in [6.45, 7) is 2.82. The molecular formula is C21H23N3O3. The van der Waals surface area contributed by atoms with Crippen LogP contribution in [0.2, 0.25) is 0 Å². The predicted molar refractivity (Wildman–Crippen MR) is 102 cm³/mol. The zero-order valence-corrected chi connectivity index (χ0v) is 15.6. The number of hydrogen-bond donors (Lipinski definition) is 0. The number of nitrogens with zero attached hydrogens (tertiary/aromatic N) is 3. The van der Waals surface area contributed by atoms with Gasteiger partial charge in [0, 0.05) is 19.0 Å². The van der Waals surface area contributed by atoms with Gasteiger partial charge in [-0.25, -0.2) is 0 Å². The Balaban J connectivity index is 1.42. The van der Waals surface area contributed by atoms with E-state index in [0.29, 0.717) is 31.2 Å². The van der Waals surface area contributed by atoms with Gasteiger partial charge in [-0.15, -0.1) is 0 Å². The lowest BCUT2D eigenvalue weighted by Gasteiger charge is -2.14. The first kappa shape index (κ1) is 18.6. The maximum Gasteiger partial charge on any atom is 0.246 e. The number of rotatable bonds is 8. The second-order valence-corrected chi connectivity index (χ2v) is 6.39. The van der Waals surface area contributed by atoms with Gasteiger partial charge in [0.05, 0.1) is 13.2 Å². The second kappa shape index (κ2) is 8.98. The molecule has 0 bridgehead atoms. The lowest BCUT2D eigenvalue weighted by molar-refractivity contribution is -0.131. The Morgan fingerprint density at radius 2 is 1.85 bits per heavy atom. The van der Waals surface area contributed by atoms with E-state index in [1.165, 1.54) is 5.56 Å². The van der Waals surface area contributed by atoms with Gasteiger partial charge in [0.25, 0.3) is 0 Å². The molecule has 0 saturated heterocycles. The summed E-state index contributed by atoms with van der Waals surface area (Å²) in [5, 5.41) is 3.97. The van der Waals surface area contributed by atoms with Crippen molar-refractivity contribution in [3.05, 3.63) is 66.1 Å². The van der Waals surface area contributed by atoms with Gasteiger partial charge in [0.15, 0.2) is 0 Å². The maximum absolute atomic E-state index is 12.3. The Morgan fingerprint density at radius 1 is 1.11 bits per heavy atom. The highest BCUT2D eigenvalue weighted by Gasteiger charge is 2.14. The predicted octanol–water partition coefficient (Wildman–Crippen LogP) is 3.86. The third-order valence-corrected chi connectivity index (χ3v) is 4.12. The van der Waals surface area contributed by atoms with Gasteiger partial charge in [0.2, 0.25) is 17.6 Å². The van der Waals surface area contributed by atoms with E-state index < -0.39 is 0 Å². The van der Waals surface area contributed by atoms with Crippen LogP contribution in [0.1, 0.15) is 24.3 Å². The van der Waals surface area contributed by atoms with E-state index in [4.69, 9.17) is 9.26 Å². The molecule has 1 amide bonds. The Labute approximate surface area is 158 Å². The lowest BCUT2D eigenvalue weighted by atomic mass is 10.2. The van der Waals surface area contributed by atoms with Gasteiger partial charge in [0.1, 0.15) is 5.75 Å². The number of benzene rings is 2. The van der Waals surface area contributed by atoms with Crippen molar-refractivity contribution in [1.29, 1.82) is 0 Å². The van der Waals surface area contributed by atoms with Crippen LogP contribution in [-0.2, 0) is 11.3 Å². The monoisotopic (exact) mass is 365 g/mol. The average molecular weight is 365 g/mol. The van der Waals surface area contributed by atoms with Crippen molar-refractivity contribution in [1.82, 2.24) is 15.0 Å². The summed E-state index contributed by atoms with van der Waals surface area (Å²) >= 11 is 0. The maximum atomic E-state index is 12.3. The Hall–Kier alpha value is -3.15. The van der Waals surface area contributed by atoms with Gasteiger partial charge < -0.3 is 14.2 Å². The summed E-state index contributed by atoms with van der Waals surface area (Å²) in [7, 11) is 1.73. The standard InChI is InChI=1S/C21H23N3O3/c1-16-10-12-18(13-11-16)26-14-6-9-20(25)24(2)15-19-22-21(23-27-19)17-7-4-3-5-8-17/h3-5,7-8,10-13H,6,9,14-15H2,1-2H3. The Morgan fingerprint density at radius 3 is 2.59 bits per heavy atom. The van der Waals surface area contributed by atoms with Gasteiger partial charge in [-0.3, -0.25) is 4.79 Å². The fourth-order valence-electron chi connectivity index (χ4n) is 2.55. The molecule has 140 valence electrons. The number of aryl methyl sites for hydroxylation is 1. The molecule has 0 aliphatic heterocycles. The summed E-state index contributed by atoms with van der Waals surface area (Å²) < 4.78 is 10.9. The zero-order valence-electron chi connectivity index (χ0n) is 15.6. The van der Waals surface area contributed by atoms with Crippen molar-refractivity contribution in [2.45, 2.75) is 26.3 Å². The van der Waals surface area contributed by atoms with Crippen LogP contribution in [0.5, 0.6) is 5.75 Å². The number of amides is 1. The van der Waals surface area contributed by atoms with Crippen LogP contribution in [0.15, 0.2) is 59.1 Å². The van der Waals surface area contributed by atoms with Crippen molar-refractivity contribution in [2.24, 2.45) is 0 Å². The Bertz CT molecular complexity index is 860. The van der Waals surface area contributed by atoms with Crippen LogP contribution in [0.3, 0.4) is 0 Å². The zero-order chi connectivity index (χ0) is 19.1. The van der Waals surface area contributed by atoms with E-state index in [1.807, 2.05) is 61.5 Å². The molecule has 3 aromatic rings. The normalized spacial score (nSPS) is 10.6. The van der Waals surface area contributed by atoms with Crippen molar-refractivity contribution in [2.75, 3.05) is 13.7 Å². The van der Waals surface area contributed by atoms with E-state index in [1.54, 1.807) is 11.9 Å². The van der Waals surface area contributed by atoms with Gasteiger partial charge >= 0.3 is 0 Å². The fraction of sp³-hybridized carbons (Fsp3) is 0.286. The van der Waals surface area contributed by atoms with E-state index in [2.05, 4.69) is 10.1 Å². The highest BCUT2D eigenvalue weighted by molar-refractivity contribution is 5.75. The smallest absolute Gasteiger partial charge is 0.246 e. The molecule has 0 unspecified atom stereocenters.